The van der Waals surface area contributed by atoms with Crippen molar-refractivity contribution in [2.75, 3.05) is 6.61 Å². The molecule has 0 fully saturated rings. The molecule has 3 heteroatoms. The molecule has 0 amide bonds. The van der Waals surface area contributed by atoms with Crippen LogP contribution in [0.1, 0.15) is 5.56 Å². The zero-order valence-electron chi connectivity index (χ0n) is 6.92. The molecule has 1 nitrogen and oxygen atoms in total. The SMILES string of the molecule is BC=C(CO)c1cccc(F)c1. The molecular formula is C9H10BFO. The molecule has 0 aliphatic carbocycles. The van der Waals surface area contributed by atoms with Gasteiger partial charge in [0.25, 0.3) is 0 Å². The Balaban J connectivity index is 3.02. The minimum Gasteiger partial charge on any atom is -0.392 e. The zero-order valence-corrected chi connectivity index (χ0v) is 6.92. The number of benzene rings is 1. The standard InChI is InChI=1S/C9H10BFO/c10-5-8(6-12)7-2-1-3-9(11)4-7/h1-5,12H,6,10H2. The summed E-state index contributed by atoms with van der Waals surface area (Å²) < 4.78 is 12.7. The van der Waals surface area contributed by atoms with Gasteiger partial charge in [0.2, 0.25) is 0 Å². The molecule has 0 heterocycles. The van der Waals surface area contributed by atoms with Crippen molar-refractivity contribution in [3.63, 3.8) is 0 Å². The molecule has 1 aromatic carbocycles. The van der Waals surface area contributed by atoms with Crippen LogP contribution in [-0.4, -0.2) is 19.6 Å². The maximum Gasteiger partial charge on any atom is 0.130 e. The molecule has 0 saturated carbocycles. The monoisotopic (exact) mass is 164 g/mol. The fourth-order valence-electron chi connectivity index (χ4n) is 1.04. The Bertz CT molecular complexity index is 296. The van der Waals surface area contributed by atoms with E-state index in [0.717, 1.165) is 11.1 Å². The Morgan fingerprint density at radius 3 is 2.83 bits per heavy atom. The van der Waals surface area contributed by atoms with E-state index in [0.29, 0.717) is 0 Å². The predicted molar refractivity (Wildman–Crippen MR) is 50.0 cm³/mol. The molecule has 0 unspecified atom stereocenters. The van der Waals surface area contributed by atoms with E-state index >= 15 is 0 Å². The summed E-state index contributed by atoms with van der Waals surface area (Å²) in [4.78, 5) is 0. The second kappa shape index (κ2) is 4.07. The van der Waals surface area contributed by atoms with Crippen LogP contribution < -0.4 is 0 Å². The summed E-state index contributed by atoms with van der Waals surface area (Å²) in [5, 5.41) is 8.88. The van der Waals surface area contributed by atoms with E-state index in [-0.39, 0.29) is 12.4 Å². The first kappa shape index (κ1) is 9.01. The smallest absolute Gasteiger partial charge is 0.130 e. The highest BCUT2D eigenvalue weighted by Gasteiger charge is 1.98. The van der Waals surface area contributed by atoms with Gasteiger partial charge in [-0.1, -0.05) is 12.1 Å². The van der Waals surface area contributed by atoms with Crippen LogP contribution >= 0.6 is 0 Å². The highest BCUT2D eigenvalue weighted by Crippen LogP contribution is 2.13. The lowest BCUT2D eigenvalue weighted by atomic mass is 9.99. The number of aliphatic hydroxyl groups is 1. The van der Waals surface area contributed by atoms with Crippen LogP contribution in [0.25, 0.3) is 5.57 Å². The lowest BCUT2D eigenvalue weighted by Crippen LogP contribution is -1.91. The highest BCUT2D eigenvalue weighted by atomic mass is 19.1. The second-order valence-corrected chi connectivity index (χ2v) is 2.48. The van der Waals surface area contributed by atoms with Gasteiger partial charge in [0, 0.05) is 0 Å². The van der Waals surface area contributed by atoms with E-state index in [1.807, 2.05) is 7.85 Å². The van der Waals surface area contributed by atoms with Crippen LogP contribution in [-0.2, 0) is 0 Å². The van der Waals surface area contributed by atoms with E-state index in [1.165, 1.54) is 12.1 Å². The number of aliphatic hydroxyl groups excluding tert-OH is 1. The lowest BCUT2D eigenvalue weighted by Gasteiger charge is -2.02. The molecule has 0 radical (unpaired) electrons. The average molecular weight is 164 g/mol. The minimum absolute atomic E-state index is 0.0556. The van der Waals surface area contributed by atoms with Gasteiger partial charge < -0.3 is 5.11 Å². The van der Waals surface area contributed by atoms with Crippen molar-refractivity contribution in [2.45, 2.75) is 0 Å². The quantitative estimate of drug-likeness (QED) is 0.640. The topological polar surface area (TPSA) is 20.2 Å². The van der Waals surface area contributed by atoms with Crippen molar-refractivity contribution in [2.24, 2.45) is 0 Å². The predicted octanol–water partition coefficient (Wildman–Crippen LogP) is 0.792. The van der Waals surface area contributed by atoms with Crippen molar-refractivity contribution in [3.05, 3.63) is 41.6 Å². The normalized spacial score (nSPS) is 11.7. The Labute approximate surface area is 71.9 Å². The maximum absolute atomic E-state index is 12.7. The molecule has 62 valence electrons. The molecule has 0 bridgehead atoms. The van der Waals surface area contributed by atoms with Crippen molar-refractivity contribution in [1.29, 1.82) is 0 Å². The number of hydrogen-bond acceptors (Lipinski definition) is 1. The van der Waals surface area contributed by atoms with Gasteiger partial charge in [0.1, 0.15) is 13.7 Å². The van der Waals surface area contributed by atoms with Crippen molar-refractivity contribution >= 4 is 13.4 Å². The van der Waals surface area contributed by atoms with Gasteiger partial charge in [0.05, 0.1) is 6.61 Å². The van der Waals surface area contributed by atoms with Crippen LogP contribution in [0.15, 0.2) is 30.2 Å². The Morgan fingerprint density at radius 2 is 2.33 bits per heavy atom. The number of rotatable bonds is 2. The summed E-state index contributed by atoms with van der Waals surface area (Å²) in [5.74, 6) is 1.50. The Hall–Kier alpha value is -1.09. The van der Waals surface area contributed by atoms with Crippen LogP contribution in [0.2, 0.25) is 0 Å². The van der Waals surface area contributed by atoms with Gasteiger partial charge in [-0.3, -0.25) is 0 Å². The molecule has 1 aromatic rings. The first-order chi connectivity index (χ1) is 5.77. The van der Waals surface area contributed by atoms with Crippen molar-refractivity contribution in [3.8, 4) is 0 Å². The highest BCUT2D eigenvalue weighted by molar-refractivity contribution is 6.20. The molecule has 0 spiro atoms. The summed E-state index contributed by atoms with van der Waals surface area (Å²) in [6.45, 7) is -0.0556. The Morgan fingerprint density at radius 1 is 1.58 bits per heavy atom. The molecule has 0 atom stereocenters. The van der Waals surface area contributed by atoms with E-state index in [2.05, 4.69) is 0 Å². The second-order valence-electron chi connectivity index (χ2n) is 2.48. The van der Waals surface area contributed by atoms with Gasteiger partial charge in [-0.25, -0.2) is 4.39 Å². The van der Waals surface area contributed by atoms with Gasteiger partial charge in [-0.2, -0.15) is 0 Å². The fraction of sp³-hybridized carbons (Fsp3) is 0.111. The van der Waals surface area contributed by atoms with Crippen LogP contribution in [0.5, 0.6) is 0 Å². The minimum atomic E-state index is -0.277. The first-order valence-corrected chi connectivity index (χ1v) is 3.80. The van der Waals surface area contributed by atoms with Gasteiger partial charge in [-0.05, 0) is 23.3 Å². The zero-order chi connectivity index (χ0) is 8.97. The maximum atomic E-state index is 12.7. The summed E-state index contributed by atoms with van der Waals surface area (Å²) >= 11 is 0. The van der Waals surface area contributed by atoms with Crippen LogP contribution in [0.3, 0.4) is 0 Å². The number of hydrogen-bond donors (Lipinski definition) is 1. The third-order valence-electron chi connectivity index (χ3n) is 1.71. The summed E-state index contributed by atoms with van der Waals surface area (Å²) in [6.07, 6.45) is 0. The van der Waals surface area contributed by atoms with Gasteiger partial charge >= 0.3 is 0 Å². The lowest BCUT2D eigenvalue weighted by molar-refractivity contribution is 0.350. The Kier molecular flexibility index (Phi) is 3.05. The third-order valence-corrected chi connectivity index (χ3v) is 1.71. The van der Waals surface area contributed by atoms with Crippen molar-refractivity contribution < 1.29 is 9.50 Å². The van der Waals surface area contributed by atoms with Gasteiger partial charge in [0.15, 0.2) is 0 Å². The van der Waals surface area contributed by atoms with E-state index < -0.39 is 0 Å². The van der Waals surface area contributed by atoms with E-state index in [9.17, 15) is 4.39 Å². The van der Waals surface area contributed by atoms with Crippen LogP contribution in [0, 0.1) is 5.82 Å². The molecule has 0 aliphatic rings. The molecule has 0 aliphatic heterocycles. The first-order valence-electron chi connectivity index (χ1n) is 3.80. The molecule has 1 N–H and O–H groups in total. The van der Waals surface area contributed by atoms with Crippen LogP contribution in [0.4, 0.5) is 4.39 Å². The largest absolute Gasteiger partial charge is 0.392 e. The number of halogens is 1. The van der Waals surface area contributed by atoms with E-state index in [4.69, 9.17) is 5.11 Å². The summed E-state index contributed by atoms with van der Waals surface area (Å²) in [5.41, 5.74) is 1.48. The van der Waals surface area contributed by atoms with E-state index in [1.54, 1.807) is 18.1 Å². The van der Waals surface area contributed by atoms with Gasteiger partial charge in [-0.15, -0.1) is 5.98 Å². The molecular weight excluding hydrogens is 154 g/mol. The average Bonchev–Trinajstić information content (AvgIpc) is 2.07. The summed E-state index contributed by atoms with van der Waals surface area (Å²) in [7, 11) is 1.82. The molecule has 0 saturated heterocycles. The fourth-order valence-corrected chi connectivity index (χ4v) is 1.04. The summed E-state index contributed by atoms with van der Waals surface area (Å²) in [6, 6.07) is 6.19. The molecule has 1 rings (SSSR count). The van der Waals surface area contributed by atoms with Crippen molar-refractivity contribution in [1.82, 2.24) is 0 Å². The molecule has 12 heavy (non-hydrogen) atoms. The third kappa shape index (κ3) is 1.95. The molecule has 0 aromatic heterocycles.